The fraction of sp³-hybridized carbons (Fsp3) is 0.333. The number of anilines is 1. The monoisotopic (exact) mass is 367 g/mol. The van der Waals surface area contributed by atoms with E-state index >= 15 is 0 Å². The third kappa shape index (κ3) is 2.78. The number of nitrogens with one attached hydrogen (secondary N) is 1. The third-order valence-corrected chi connectivity index (χ3v) is 5.22. The summed E-state index contributed by atoms with van der Waals surface area (Å²) in [7, 11) is 0. The Morgan fingerprint density at radius 2 is 1.92 bits per heavy atom. The first-order chi connectivity index (χ1) is 12.5. The maximum atomic E-state index is 13.4. The first-order valence-electron chi connectivity index (χ1n) is 9.04. The van der Waals surface area contributed by atoms with E-state index in [0.717, 1.165) is 41.2 Å². The number of hydrogen-bond donors (Lipinski definition) is 1. The van der Waals surface area contributed by atoms with E-state index in [4.69, 9.17) is 16.6 Å². The third-order valence-electron chi connectivity index (χ3n) is 4.97. The molecule has 2 aromatic carbocycles. The lowest BCUT2D eigenvalue weighted by Gasteiger charge is -2.25. The molecule has 1 aliphatic rings. The van der Waals surface area contributed by atoms with Crippen molar-refractivity contribution >= 4 is 28.2 Å². The summed E-state index contributed by atoms with van der Waals surface area (Å²) >= 11 is 6.02. The molecule has 0 spiro atoms. The molecule has 26 heavy (non-hydrogen) atoms. The molecule has 0 radical (unpaired) electrons. The number of nitrogens with zero attached hydrogens (tertiary/aromatic N) is 2. The molecule has 0 aliphatic carbocycles. The summed E-state index contributed by atoms with van der Waals surface area (Å²) in [6.07, 6.45) is 0.939. The van der Waals surface area contributed by atoms with E-state index in [1.165, 1.54) is 0 Å². The van der Waals surface area contributed by atoms with Crippen molar-refractivity contribution in [3.63, 3.8) is 0 Å². The Labute approximate surface area is 157 Å². The van der Waals surface area contributed by atoms with Crippen molar-refractivity contribution in [2.45, 2.75) is 33.1 Å². The Bertz CT molecular complexity index is 1040. The molecule has 134 valence electrons. The molecule has 0 bridgehead atoms. The summed E-state index contributed by atoms with van der Waals surface area (Å²) in [6.45, 7) is 7.30. The fourth-order valence-electron chi connectivity index (χ4n) is 3.63. The van der Waals surface area contributed by atoms with Gasteiger partial charge in [0.05, 0.1) is 16.6 Å². The molecule has 4 rings (SSSR count). The molecule has 1 atom stereocenters. The SMILES string of the molecule is CC1CNc2ccc3c(=O)n(-c4ccc(Cl)cc4)c(C(C)C)nc3c2C1. The van der Waals surface area contributed by atoms with Crippen molar-refractivity contribution < 1.29 is 0 Å². The molecule has 1 aliphatic heterocycles. The molecule has 1 aromatic heterocycles. The van der Waals surface area contributed by atoms with Gasteiger partial charge < -0.3 is 5.32 Å². The normalized spacial score (nSPS) is 16.6. The smallest absolute Gasteiger partial charge is 0.265 e. The second-order valence-electron chi connectivity index (χ2n) is 7.42. The second-order valence-corrected chi connectivity index (χ2v) is 7.86. The van der Waals surface area contributed by atoms with Gasteiger partial charge in [0.25, 0.3) is 5.56 Å². The van der Waals surface area contributed by atoms with Gasteiger partial charge in [-0.2, -0.15) is 0 Å². The average Bonchev–Trinajstić information content (AvgIpc) is 2.62. The van der Waals surface area contributed by atoms with Crippen LogP contribution in [-0.4, -0.2) is 16.1 Å². The molecular weight excluding hydrogens is 346 g/mol. The predicted octanol–water partition coefficient (Wildman–Crippen LogP) is 4.77. The highest BCUT2D eigenvalue weighted by Crippen LogP contribution is 2.31. The largest absolute Gasteiger partial charge is 0.384 e. The van der Waals surface area contributed by atoms with Crippen molar-refractivity contribution in [2.24, 2.45) is 5.92 Å². The number of rotatable bonds is 2. The second kappa shape index (κ2) is 6.44. The van der Waals surface area contributed by atoms with Gasteiger partial charge in [-0.15, -0.1) is 0 Å². The van der Waals surface area contributed by atoms with E-state index in [1.807, 2.05) is 24.3 Å². The van der Waals surface area contributed by atoms with Crippen LogP contribution in [-0.2, 0) is 6.42 Å². The minimum absolute atomic E-state index is 0.0259. The van der Waals surface area contributed by atoms with Gasteiger partial charge in [0, 0.05) is 28.7 Å². The number of hydrogen-bond acceptors (Lipinski definition) is 3. The van der Waals surface area contributed by atoms with Gasteiger partial charge in [-0.25, -0.2) is 4.98 Å². The quantitative estimate of drug-likeness (QED) is 0.709. The summed E-state index contributed by atoms with van der Waals surface area (Å²) in [6, 6.07) is 11.2. The maximum absolute atomic E-state index is 13.4. The Kier molecular flexibility index (Phi) is 4.23. The number of fused-ring (bicyclic) bond motifs is 3. The van der Waals surface area contributed by atoms with Gasteiger partial charge in [-0.3, -0.25) is 9.36 Å². The number of halogens is 1. The van der Waals surface area contributed by atoms with Gasteiger partial charge in [-0.05, 0) is 48.7 Å². The lowest BCUT2D eigenvalue weighted by atomic mass is 9.93. The van der Waals surface area contributed by atoms with Gasteiger partial charge in [0.15, 0.2) is 0 Å². The van der Waals surface area contributed by atoms with E-state index < -0.39 is 0 Å². The fourth-order valence-corrected chi connectivity index (χ4v) is 3.76. The predicted molar refractivity (Wildman–Crippen MR) is 108 cm³/mol. The molecule has 0 saturated heterocycles. The van der Waals surface area contributed by atoms with E-state index in [1.54, 1.807) is 16.7 Å². The maximum Gasteiger partial charge on any atom is 0.265 e. The van der Waals surface area contributed by atoms with Gasteiger partial charge in [-0.1, -0.05) is 32.4 Å². The molecule has 0 fully saturated rings. The van der Waals surface area contributed by atoms with Crippen molar-refractivity contribution in [3.8, 4) is 5.69 Å². The van der Waals surface area contributed by atoms with Crippen molar-refractivity contribution in [2.75, 3.05) is 11.9 Å². The average molecular weight is 368 g/mol. The van der Waals surface area contributed by atoms with Crippen LogP contribution in [0.5, 0.6) is 0 Å². The van der Waals surface area contributed by atoms with Crippen LogP contribution in [0.3, 0.4) is 0 Å². The zero-order valence-electron chi connectivity index (χ0n) is 15.2. The molecule has 5 heteroatoms. The molecule has 3 aromatic rings. The van der Waals surface area contributed by atoms with Crippen LogP contribution in [0, 0.1) is 5.92 Å². The molecule has 4 nitrogen and oxygen atoms in total. The molecule has 0 saturated carbocycles. The highest BCUT2D eigenvalue weighted by atomic mass is 35.5. The first-order valence-corrected chi connectivity index (χ1v) is 9.42. The first kappa shape index (κ1) is 17.1. The lowest BCUT2D eigenvalue weighted by Crippen LogP contribution is -2.27. The van der Waals surface area contributed by atoms with Crippen LogP contribution < -0.4 is 10.9 Å². The highest BCUT2D eigenvalue weighted by Gasteiger charge is 2.22. The van der Waals surface area contributed by atoms with E-state index in [0.29, 0.717) is 16.3 Å². The summed E-state index contributed by atoms with van der Waals surface area (Å²) in [4.78, 5) is 18.3. The Morgan fingerprint density at radius 1 is 1.19 bits per heavy atom. The summed E-state index contributed by atoms with van der Waals surface area (Å²) in [5.41, 5.74) is 3.86. The Balaban J connectivity index is 2.05. The van der Waals surface area contributed by atoms with E-state index in [-0.39, 0.29) is 11.5 Å². The van der Waals surface area contributed by atoms with Crippen molar-refractivity contribution in [1.29, 1.82) is 0 Å². The van der Waals surface area contributed by atoms with Crippen LogP contribution in [0.25, 0.3) is 16.6 Å². The molecule has 1 N–H and O–H groups in total. The minimum Gasteiger partial charge on any atom is -0.384 e. The van der Waals surface area contributed by atoms with Crippen molar-refractivity contribution in [1.82, 2.24) is 9.55 Å². The molecule has 0 amide bonds. The molecule has 1 unspecified atom stereocenters. The van der Waals surface area contributed by atoms with Crippen LogP contribution in [0.15, 0.2) is 41.2 Å². The molecular formula is C21H22ClN3O. The van der Waals surface area contributed by atoms with Gasteiger partial charge in [0.1, 0.15) is 5.82 Å². The van der Waals surface area contributed by atoms with Crippen LogP contribution in [0.2, 0.25) is 5.02 Å². The summed E-state index contributed by atoms with van der Waals surface area (Å²) < 4.78 is 1.72. The zero-order chi connectivity index (χ0) is 18.4. The van der Waals surface area contributed by atoms with Gasteiger partial charge >= 0.3 is 0 Å². The standard InChI is InChI=1S/C21H22ClN3O/c1-12(2)20-24-19-16(8-9-18-17(19)10-13(3)11-23-18)21(26)25(20)15-6-4-14(22)5-7-15/h4-9,12-13,23H,10-11H2,1-3H3. The minimum atomic E-state index is -0.0259. The Morgan fingerprint density at radius 3 is 2.62 bits per heavy atom. The summed E-state index contributed by atoms with van der Waals surface area (Å²) in [5.74, 6) is 1.42. The van der Waals surface area contributed by atoms with Crippen LogP contribution >= 0.6 is 11.6 Å². The lowest BCUT2D eigenvalue weighted by molar-refractivity contribution is 0.596. The van der Waals surface area contributed by atoms with E-state index in [9.17, 15) is 4.79 Å². The van der Waals surface area contributed by atoms with Crippen LogP contribution in [0.4, 0.5) is 5.69 Å². The number of benzene rings is 2. The topological polar surface area (TPSA) is 46.9 Å². The van der Waals surface area contributed by atoms with Gasteiger partial charge in [0.2, 0.25) is 0 Å². The highest BCUT2D eigenvalue weighted by molar-refractivity contribution is 6.30. The van der Waals surface area contributed by atoms with Crippen molar-refractivity contribution in [3.05, 3.63) is 63.2 Å². The zero-order valence-corrected chi connectivity index (χ0v) is 16.0. The molecule has 2 heterocycles. The number of aromatic nitrogens is 2. The van der Waals surface area contributed by atoms with Crippen LogP contribution in [0.1, 0.15) is 38.1 Å². The Hall–Kier alpha value is -2.33. The summed E-state index contributed by atoms with van der Waals surface area (Å²) in [5, 5.41) is 4.78. The van der Waals surface area contributed by atoms with E-state index in [2.05, 4.69) is 26.1 Å².